The molecular weight excluding hydrogens is 502 g/mol. The van der Waals surface area contributed by atoms with E-state index >= 15 is 0 Å². The van der Waals surface area contributed by atoms with Gasteiger partial charge >= 0.3 is 16.5 Å². The highest BCUT2D eigenvalue weighted by atomic mass is 17.0. The van der Waals surface area contributed by atoms with Gasteiger partial charge in [0.15, 0.2) is 0 Å². The number of rotatable bonds is 12. The Hall–Kier alpha value is -5.40. The average Bonchev–Trinajstić information content (AvgIpc) is 3.51. The predicted octanol–water partition coefficient (Wildman–Crippen LogP) is 1.54. The third-order valence-electron chi connectivity index (χ3n) is 5.40. The molecular formula is C24H22N5O9+. The van der Waals surface area contributed by atoms with Gasteiger partial charge in [0.25, 0.3) is 0 Å². The largest absolute Gasteiger partial charge is 0.497 e. The van der Waals surface area contributed by atoms with Gasteiger partial charge in [-0.3, -0.25) is 9.59 Å². The fourth-order valence-corrected chi connectivity index (χ4v) is 3.49. The Bertz CT molecular complexity index is 1460. The van der Waals surface area contributed by atoms with E-state index in [-0.39, 0.29) is 39.0 Å². The zero-order valence-electron chi connectivity index (χ0n) is 20.2. The van der Waals surface area contributed by atoms with Crippen LogP contribution >= 0.6 is 0 Å². The molecule has 0 bridgehead atoms. The Kier molecular flexibility index (Phi) is 7.51. The van der Waals surface area contributed by atoms with E-state index < -0.39 is 36.2 Å². The van der Waals surface area contributed by atoms with Gasteiger partial charge in [0.1, 0.15) is 27.8 Å². The van der Waals surface area contributed by atoms with Crippen LogP contribution in [0.15, 0.2) is 58.1 Å². The first-order valence-electron chi connectivity index (χ1n) is 11.0. The second-order valence-corrected chi connectivity index (χ2v) is 7.75. The van der Waals surface area contributed by atoms with Crippen LogP contribution in [0.5, 0.6) is 11.5 Å². The fourth-order valence-electron chi connectivity index (χ4n) is 3.49. The van der Waals surface area contributed by atoms with Crippen molar-refractivity contribution in [2.24, 2.45) is 0 Å². The van der Waals surface area contributed by atoms with Gasteiger partial charge in [0, 0.05) is 11.1 Å². The molecule has 0 aliphatic heterocycles. The van der Waals surface area contributed by atoms with Crippen LogP contribution in [0.1, 0.15) is 43.5 Å². The molecule has 0 amide bonds. The number of hydrogen-bond acceptors (Lipinski definition) is 9. The molecule has 2 aromatic heterocycles. The molecule has 0 fully saturated rings. The molecule has 0 aliphatic rings. The highest BCUT2D eigenvalue weighted by molar-refractivity contribution is 6.09. The summed E-state index contributed by atoms with van der Waals surface area (Å²) in [7, 11) is 2.97. The van der Waals surface area contributed by atoms with Crippen LogP contribution in [-0.4, -0.2) is 50.8 Å². The zero-order chi connectivity index (χ0) is 27.2. The quantitative estimate of drug-likeness (QED) is 0.157. The predicted molar refractivity (Wildman–Crippen MR) is 129 cm³/mol. The minimum Gasteiger partial charge on any atom is -0.497 e. The molecule has 2 heterocycles. The number of hydrogen-bond donors (Lipinski definition) is 4. The number of nitrogens with one attached hydrogen (secondary N) is 4. The summed E-state index contributed by atoms with van der Waals surface area (Å²) in [6, 6.07) is 12.4. The molecule has 2 aromatic carbocycles. The van der Waals surface area contributed by atoms with Gasteiger partial charge in [0.05, 0.1) is 25.6 Å². The smallest absolute Gasteiger partial charge is 0.478 e. The number of ketones is 2. The van der Waals surface area contributed by atoms with Crippen LogP contribution in [-0.2, 0) is 22.9 Å². The van der Waals surface area contributed by atoms with Gasteiger partial charge < -0.3 is 29.4 Å². The number of benzene rings is 2. The van der Waals surface area contributed by atoms with Crippen LogP contribution in [0.4, 0.5) is 0 Å². The van der Waals surface area contributed by atoms with Crippen molar-refractivity contribution in [2.75, 3.05) is 14.2 Å². The second kappa shape index (κ2) is 11.1. The third-order valence-corrected chi connectivity index (χ3v) is 5.40. The minimum absolute atomic E-state index is 0.00527. The number of imidazole rings is 2. The third kappa shape index (κ3) is 5.70. The Balaban J connectivity index is 1.40. The van der Waals surface area contributed by atoms with E-state index in [1.807, 2.05) is 0 Å². The summed E-state index contributed by atoms with van der Waals surface area (Å²) in [5.41, 5.74) is -1.01. The first-order valence-corrected chi connectivity index (χ1v) is 11.0. The first-order chi connectivity index (χ1) is 18.3. The van der Waals surface area contributed by atoms with Crippen molar-refractivity contribution < 1.29 is 33.8 Å². The number of carbonyl (C=O) groups excluding carboxylic acids is 2. The number of ether oxygens (including phenoxy) is 2. The van der Waals surface area contributed by atoms with E-state index in [2.05, 4.69) is 19.9 Å². The molecule has 14 heteroatoms. The number of nitrogens with zero attached hydrogens (tertiary/aromatic N) is 1. The highest BCUT2D eigenvalue weighted by Gasteiger charge is 2.24. The molecule has 0 aliphatic carbocycles. The molecule has 0 saturated carbocycles. The van der Waals surface area contributed by atoms with Crippen molar-refractivity contribution in [1.82, 2.24) is 19.9 Å². The van der Waals surface area contributed by atoms with Gasteiger partial charge in [0.2, 0.25) is 24.8 Å². The topological polar surface area (TPSA) is 188 Å². The normalized spacial score (nSPS) is 10.6. The summed E-state index contributed by atoms with van der Waals surface area (Å²) in [6.07, 6.45) is 0. The van der Waals surface area contributed by atoms with Crippen molar-refractivity contribution in [3.63, 3.8) is 0 Å². The van der Waals surface area contributed by atoms with E-state index in [0.29, 0.717) is 11.5 Å². The van der Waals surface area contributed by atoms with Gasteiger partial charge in [-0.2, -0.15) is 9.68 Å². The number of H-pyrrole nitrogens is 4. The van der Waals surface area contributed by atoms with Crippen molar-refractivity contribution in [1.29, 1.82) is 0 Å². The van der Waals surface area contributed by atoms with Crippen molar-refractivity contribution in [2.45, 2.75) is 13.2 Å². The van der Waals surface area contributed by atoms with Crippen molar-refractivity contribution in [3.05, 3.63) is 108 Å². The molecule has 4 N–H and O–H groups in total. The van der Waals surface area contributed by atoms with Crippen LogP contribution in [0.3, 0.4) is 0 Å². The van der Waals surface area contributed by atoms with Crippen LogP contribution in [0.25, 0.3) is 0 Å². The molecule has 0 saturated heterocycles. The monoisotopic (exact) mass is 524 g/mol. The Morgan fingerprint density at radius 1 is 0.658 bits per heavy atom. The van der Waals surface area contributed by atoms with Crippen molar-refractivity contribution >= 4 is 11.6 Å². The average molecular weight is 524 g/mol. The maximum Gasteiger partial charge on any atom is 0.478 e. The van der Waals surface area contributed by atoms with E-state index in [1.54, 1.807) is 24.3 Å². The zero-order valence-corrected chi connectivity index (χ0v) is 20.2. The van der Waals surface area contributed by atoms with E-state index in [9.17, 15) is 24.1 Å². The summed E-state index contributed by atoms with van der Waals surface area (Å²) in [4.78, 5) is 80.8. The molecule has 38 heavy (non-hydrogen) atoms. The Morgan fingerprint density at radius 3 is 1.37 bits per heavy atom. The molecule has 196 valence electrons. The highest BCUT2D eigenvalue weighted by Crippen LogP contribution is 2.17. The Labute approximate surface area is 213 Å². The fraction of sp³-hybridized carbons (Fsp3) is 0.167. The lowest BCUT2D eigenvalue weighted by Gasteiger charge is -2.03. The SMILES string of the molecule is COc1ccc(C(=O)c2[nH]c(=O)[nH]c2CO[N+](=O)OCc2[nH]c(=O)[nH]c2C(=O)c2ccc(OC)cc2)cc1. The van der Waals surface area contributed by atoms with Crippen LogP contribution in [0.2, 0.25) is 0 Å². The lowest BCUT2D eigenvalue weighted by molar-refractivity contribution is -0.987. The maximum absolute atomic E-state index is 12.8. The number of aromatic nitrogens is 4. The summed E-state index contributed by atoms with van der Waals surface area (Å²) in [5.74, 6) is 0.0537. The summed E-state index contributed by atoms with van der Waals surface area (Å²) in [6.45, 7) is -1.05. The van der Waals surface area contributed by atoms with Crippen LogP contribution in [0, 0.1) is 4.91 Å². The molecule has 0 radical (unpaired) electrons. The van der Waals surface area contributed by atoms with Crippen LogP contribution < -0.4 is 20.9 Å². The molecule has 4 aromatic rings. The van der Waals surface area contributed by atoms with Gasteiger partial charge in [-0.05, 0) is 48.5 Å². The van der Waals surface area contributed by atoms with Gasteiger partial charge in [-0.1, -0.05) is 0 Å². The summed E-state index contributed by atoms with van der Waals surface area (Å²) in [5, 5.41) is -0.264. The summed E-state index contributed by atoms with van der Waals surface area (Å²) >= 11 is 0. The van der Waals surface area contributed by atoms with E-state index in [4.69, 9.17) is 19.1 Å². The molecule has 0 spiro atoms. The lowest BCUT2D eigenvalue weighted by atomic mass is 10.1. The summed E-state index contributed by atoms with van der Waals surface area (Å²) < 4.78 is 10.1. The lowest BCUT2D eigenvalue weighted by Crippen LogP contribution is -2.14. The minimum atomic E-state index is -0.676. The van der Waals surface area contributed by atoms with E-state index in [0.717, 1.165) is 0 Å². The van der Waals surface area contributed by atoms with Crippen molar-refractivity contribution in [3.8, 4) is 11.5 Å². The van der Waals surface area contributed by atoms with Gasteiger partial charge in [-0.25, -0.2) is 9.59 Å². The van der Waals surface area contributed by atoms with E-state index in [1.165, 1.54) is 38.5 Å². The maximum atomic E-state index is 12.8. The molecule has 4 rings (SSSR count). The first kappa shape index (κ1) is 25.7. The standard InChI is InChI=1S/C24H21N5O9/c1-35-15-7-3-13(4-8-15)21(30)19-17(25-23(32)27-19)11-37-29(34)38-12-18-20(28-24(33)26-18)22(31)14-5-9-16(36-2)10-6-14/h3-10H,11-12H2,1-2H3,(H3-,25,26,27,28,30,31,32,33)/p+1. The number of methoxy groups -OCH3 is 2. The second-order valence-electron chi connectivity index (χ2n) is 7.75. The number of carbonyl (C=O) groups is 2. The number of aromatic amines is 4. The Morgan fingerprint density at radius 2 is 1.03 bits per heavy atom. The van der Waals surface area contributed by atoms with Gasteiger partial charge in [-0.15, -0.1) is 0 Å². The molecule has 0 atom stereocenters. The molecule has 0 unspecified atom stereocenters. The molecule has 14 nitrogen and oxygen atoms in total.